The number of rotatable bonds is 0. The van der Waals surface area contributed by atoms with E-state index < -0.39 is 0 Å². The molecule has 0 unspecified atom stereocenters. The zero-order chi connectivity index (χ0) is 4.00. The van der Waals surface area contributed by atoms with Gasteiger partial charge < -0.3 is 0 Å². The molecule has 0 aliphatic carbocycles. The SMILES string of the molecule is [Cu].[InH3].[S]=[Cd].[SeH][SeH]. The third-order valence-electron chi connectivity index (χ3n) is 0. The van der Waals surface area contributed by atoms with E-state index in [4.69, 9.17) is 0 Å². The van der Waals surface area contributed by atoms with Crippen LogP contribution in [-0.2, 0) is 40.8 Å². The van der Waals surface area contributed by atoms with Crippen LogP contribution in [0, 0.1) is 0 Å². The van der Waals surface area contributed by atoms with Gasteiger partial charge in [-0.2, -0.15) is 0 Å². The Labute approximate surface area is 101 Å². The second-order valence-electron chi connectivity index (χ2n) is 0. The molecule has 0 heterocycles. The van der Waals surface area contributed by atoms with Crippen LogP contribution >= 0.6 is 8.65 Å². The van der Waals surface area contributed by atoms with Crippen LogP contribution in [-0.4, -0.2) is 54.2 Å². The van der Waals surface area contributed by atoms with E-state index in [-0.39, 0.29) is 42.9 Å². The molecule has 0 aromatic heterocycles. The maximum atomic E-state index is 4.25. The Morgan fingerprint density at radius 2 is 1.17 bits per heavy atom. The molecule has 0 atom stereocenters. The minimum atomic E-state index is 0. The zero-order valence-electron chi connectivity index (χ0n) is 2.31. The summed E-state index contributed by atoms with van der Waals surface area (Å²) in [5.41, 5.74) is 0. The topological polar surface area (TPSA) is 0 Å². The van der Waals surface area contributed by atoms with Gasteiger partial charge in [0.2, 0.25) is 0 Å². The molecule has 0 bridgehead atoms. The van der Waals surface area contributed by atoms with Gasteiger partial charge in [0.05, 0.1) is 0 Å². The summed E-state index contributed by atoms with van der Waals surface area (Å²) >= 11 is 5.23. The van der Waals surface area contributed by atoms with Crippen molar-refractivity contribution in [1.82, 2.24) is 0 Å². The summed E-state index contributed by atoms with van der Waals surface area (Å²) in [5.74, 6) is 0. The second-order valence-corrected chi connectivity index (χ2v) is 0. The van der Waals surface area contributed by atoms with Crippen molar-refractivity contribution in [3.05, 3.63) is 0 Å². The Morgan fingerprint density at radius 1 is 1.17 bits per heavy atom. The number of hydrogen-bond acceptors (Lipinski definition) is 1. The fourth-order valence-corrected chi connectivity index (χ4v) is 0. The number of hydrogen-bond donors (Lipinski definition) is 0. The fraction of sp³-hybridized carbons (Fsp3) is 0. The van der Waals surface area contributed by atoms with Gasteiger partial charge in [-0.3, -0.25) is 0 Å². The summed E-state index contributed by atoms with van der Waals surface area (Å²) in [6, 6.07) is 0. The van der Waals surface area contributed by atoms with Crippen LogP contribution in [0.15, 0.2) is 0 Å². The van der Waals surface area contributed by atoms with E-state index in [1.165, 1.54) is 0 Å². The molecule has 1 radical (unpaired) electrons. The normalized spacial score (nSPS) is 2.00. The van der Waals surface area contributed by atoms with Crippen molar-refractivity contribution in [3.8, 4) is 0 Å². The van der Waals surface area contributed by atoms with E-state index in [1.807, 2.05) is 0 Å². The first-order valence-electron chi connectivity index (χ1n) is 0.489. The third kappa shape index (κ3) is 25.6. The molecule has 0 aliphatic rings. The van der Waals surface area contributed by atoms with E-state index in [2.05, 4.69) is 37.0 Å². The van der Waals surface area contributed by atoms with E-state index in [0.29, 0.717) is 0 Å². The maximum absolute atomic E-state index is 4.25. The summed E-state index contributed by atoms with van der Waals surface area (Å²) in [6.07, 6.45) is 0. The summed E-state index contributed by atoms with van der Waals surface area (Å²) < 4.78 is 0. The standard InChI is InChI=1S/Cd.Cu.In.S.H2Se2.3H/c;;;;1-2;;;/h;;;;1-2H;;;. The summed E-state index contributed by atoms with van der Waals surface area (Å²) in [4.78, 5) is 0. The predicted molar refractivity (Wildman–Crippen MR) is 31.8 cm³/mol. The van der Waals surface area contributed by atoms with Crippen LogP contribution in [0.4, 0.5) is 0 Å². The molecule has 0 saturated carbocycles. The van der Waals surface area contributed by atoms with E-state index >= 15 is 0 Å². The average Bonchev–Trinajstić information content (AvgIpc) is 1.50. The molecule has 0 fully saturated rings. The van der Waals surface area contributed by atoms with Crippen LogP contribution in [0.3, 0.4) is 0 Å². The van der Waals surface area contributed by atoms with Gasteiger partial charge in [0.15, 0.2) is 0 Å². The molecule has 39 valence electrons. The molecule has 0 saturated heterocycles. The van der Waals surface area contributed by atoms with Gasteiger partial charge in [0.25, 0.3) is 0 Å². The molecule has 0 rings (SSSR count). The van der Waals surface area contributed by atoms with Gasteiger partial charge >= 0.3 is 86.5 Å². The van der Waals surface area contributed by atoms with E-state index in [0.717, 1.165) is 23.7 Å². The van der Waals surface area contributed by atoms with Crippen molar-refractivity contribution < 1.29 is 40.8 Å². The molecule has 0 amide bonds. The molecule has 0 spiro atoms. The predicted octanol–water partition coefficient (Wildman–Crippen LogP) is -1.84. The summed E-state index contributed by atoms with van der Waals surface area (Å²) in [7, 11) is 4.25. The third-order valence-corrected chi connectivity index (χ3v) is 0. The van der Waals surface area contributed by atoms with Crippen molar-refractivity contribution >= 4 is 62.9 Å². The van der Waals surface area contributed by atoms with Crippen molar-refractivity contribution in [2.24, 2.45) is 0 Å². The zero-order valence-corrected chi connectivity index (χ0v) is 11.9. The average molecular weight is 486 g/mol. The fourth-order valence-electron chi connectivity index (χ4n) is 0. The summed E-state index contributed by atoms with van der Waals surface area (Å²) in [5, 5.41) is 0. The first-order valence-corrected chi connectivity index (χ1v) is 11.2. The molecule has 0 nitrogen and oxygen atoms in total. The van der Waals surface area contributed by atoms with E-state index in [9.17, 15) is 0 Å². The van der Waals surface area contributed by atoms with Crippen LogP contribution in [0.5, 0.6) is 0 Å². The van der Waals surface area contributed by atoms with Crippen molar-refractivity contribution in [2.75, 3.05) is 0 Å². The second kappa shape index (κ2) is 38.5. The minimum absolute atomic E-state index is 0. The molecular weight excluding hydrogens is 481 g/mol. The van der Waals surface area contributed by atoms with Crippen LogP contribution in [0.25, 0.3) is 0 Å². The Morgan fingerprint density at radius 3 is 1.17 bits per heavy atom. The first-order chi connectivity index (χ1) is 2.00. The van der Waals surface area contributed by atoms with Crippen LogP contribution in [0.1, 0.15) is 0 Å². The molecular formula is H5CdCuInSSe2. The Hall–Kier alpha value is 3.57. The van der Waals surface area contributed by atoms with Gasteiger partial charge in [-0.1, -0.05) is 0 Å². The van der Waals surface area contributed by atoms with Crippen molar-refractivity contribution in [3.63, 3.8) is 0 Å². The van der Waals surface area contributed by atoms with Crippen molar-refractivity contribution in [2.45, 2.75) is 0 Å². The van der Waals surface area contributed by atoms with Gasteiger partial charge in [-0.15, -0.1) is 0 Å². The van der Waals surface area contributed by atoms with Gasteiger partial charge in [0, 0.05) is 17.1 Å². The molecule has 6 heteroatoms. The van der Waals surface area contributed by atoms with Crippen LogP contribution in [0.2, 0.25) is 0 Å². The Kier molecular flexibility index (Phi) is 145. The molecule has 6 heavy (non-hydrogen) atoms. The summed E-state index contributed by atoms with van der Waals surface area (Å²) in [6.45, 7) is 0. The van der Waals surface area contributed by atoms with Gasteiger partial charge in [-0.25, -0.2) is 0 Å². The molecule has 0 aromatic carbocycles. The van der Waals surface area contributed by atoms with Gasteiger partial charge in [-0.05, 0) is 0 Å². The van der Waals surface area contributed by atoms with Crippen molar-refractivity contribution in [1.29, 1.82) is 0 Å². The van der Waals surface area contributed by atoms with Crippen LogP contribution < -0.4 is 0 Å². The molecule has 0 aliphatic heterocycles. The molecule has 0 aromatic rings. The quantitative estimate of drug-likeness (QED) is 0.364. The first kappa shape index (κ1) is 22.7. The Balaban J connectivity index is -0.00000000500. The monoisotopic (exact) mass is 489 g/mol. The molecule has 0 N–H and O–H groups in total. The van der Waals surface area contributed by atoms with Gasteiger partial charge in [0.1, 0.15) is 0 Å². The van der Waals surface area contributed by atoms with E-state index in [1.54, 1.807) is 0 Å². The Bertz CT molecular complexity index is 13.5.